The van der Waals surface area contributed by atoms with Crippen LogP contribution < -0.4 is 4.74 Å². The Bertz CT molecular complexity index is 821. The zero-order valence-corrected chi connectivity index (χ0v) is 18.0. The number of likely N-dealkylation sites (tertiary alicyclic amines) is 1. The molecule has 2 bridgehead atoms. The van der Waals surface area contributed by atoms with E-state index in [1.807, 2.05) is 0 Å². The summed E-state index contributed by atoms with van der Waals surface area (Å²) in [6.45, 7) is 7.34. The maximum absolute atomic E-state index is 12.4. The van der Waals surface area contributed by atoms with Crippen LogP contribution in [0, 0.1) is 12.8 Å². The van der Waals surface area contributed by atoms with Crippen molar-refractivity contribution in [3.05, 3.63) is 28.8 Å². The zero-order chi connectivity index (χ0) is 19.8. The highest BCUT2D eigenvalue weighted by Gasteiger charge is 2.72. The molecule has 1 saturated heterocycles. The summed E-state index contributed by atoms with van der Waals surface area (Å²) in [6.07, 6.45) is 8.88. The molecule has 4 heteroatoms. The summed E-state index contributed by atoms with van der Waals surface area (Å²) in [5.74, 6) is 1.89. The number of rotatable bonds is 5. The van der Waals surface area contributed by atoms with Crippen molar-refractivity contribution < 1.29 is 14.6 Å². The Hall–Kier alpha value is -1.10. The van der Waals surface area contributed by atoms with Gasteiger partial charge >= 0.3 is 0 Å². The molecule has 3 fully saturated rings. The number of aliphatic hydroxyl groups is 1. The summed E-state index contributed by atoms with van der Waals surface area (Å²) in [5, 5.41) is 12.4. The van der Waals surface area contributed by atoms with Crippen LogP contribution in [-0.4, -0.2) is 53.6 Å². The minimum atomic E-state index is -0.697. The van der Waals surface area contributed by atoms with Crippen molar-refractivity contribution in [1.82, 2.24) is 4.90 Å². The molecular weight excluding hydrogens is 362 g/mol. The highest BCUT2D eigenvalue weighted by molar-refractivity contribution is 5.60. The minimum absolute atomic E-state index is 0.0451. The van der Waals surface area contributed by atoms with Gasteiger partial charge in [-0.2, -0.15) is 0 Å². The second-order valence-electron chi connectivity index (χ2n) is 10.4. The SMILES string of the molecule is CCCOC1CC[C@@]2(O)[C@H]3Cc4ccc(C)c5c4[C@@]2(CCN3CC2CCC2)[C@H]1O5. The van der Waals surface area contributed by atoms with E-state index in [2.05, 4.69) is 30.9 Å². The molecule has 2 heterocycles. The molecule has 0 radical (unpaired) electrons. The van der Waals surface area contributed by atoms with Crippen molar-refractivity contribution in [2.45, 2.75) is 94.5 Å². The summed E-state index contributed by atoms with van der Waals surface area (Å²) in [7, 11) is 0. The average molecular weight is 398 g/mol. The molecule has 1 unspecified atom stereocenters. The molecule has 5 atom stereocenters. The van der Waals surface area contributed by atoms with Gasteiger partial charge in [0.15, 0.2) is 0 Å². The van der Waals surface area contributed by atoms with Crippen LogP contribution in [0.4, 0.5) is 0 Å². The van der Waals surface area contributed by atoms with Gasteiger partial charge in [0.05, 0.1) is 17.1 Å². The van der Waals surface area contributed by atoms with Crippen LogP contribution in [0.5, 0.6) is 5.75 Å². The maximum Gasteiger partial charge on any atom is 0.137 e. The van der Waals surface area contributed by atoms with E-state index in [-0.39, 0.29) is 23.7 Å². The second-order valence-corrected chi connectivity index (χ2v) is 10.4. The van der Waals surface area contributed by atoms with Gasteiger partial charge in [0.1, 0.15) is 11.9 Å². The Labute approximate surface area is 174 Å². The topological polar surface area (TPSA) is 41.9 Å². The van der Waals surface area contributed by atoms with Crippen LogP contribution in [0.25, 0.3) is 0 Å². The van der Waals surface area contributed by atoms with Crippen molar-refractivity contribution >= 4 is 0 Å². The Morgan fingerprint density at radius 3 is 2.86 bits per heavy atom. The third-order valence-electron chi connectivity index (χ3n) is 8.99. The molecule has 158 valence electrons. The summed E-state index contributed by atoms with van der Waals surface area (Å²) in [4.78, 5) is 2.65. The van der Waals surface area contributed by atoms with Crippen molar-refractivity contribution in [1.29, 1.82) is 0 Å². The average Bonchev–Trinajstić information content (AvgIpc) is 3.03. The first kappa shape index (κ1) is 18.7. The molecule has 1 aromatic rings. The van der Waals surface area contributed by atoms with Gasteiger partial charge in [0, 0.05) is 24.8 Å². The van der Waals surface area contributed by atoms with Crippen LogP contribution in [0.3, 0.4) is 0 Å². The largest absolute Gasteiger partial charge is 0.486 e. The third kappa shape index (κ3) is 2.31. The van der Waals surface area contributed by atoms with E-state index in [1.54, 1.807) is 0 Å². The van der Waals surface area contributed by atoms with Crippen molar-refractivity contribution in [2.24, 2.45) is 5.92 Å². The van der Waals surface area contributed by atoms with E-state index in [4.69, 9.17) is 9.47 Å². The molecule has 1 aromatic carbocycles. The van der Waals surface area contributed by atoms with Gasteiger partial charge in [0.25, 0.3) is 0 Å². The van der Waals surface area contributed by atoms with Crippen LogP contribution in [-0.2, 0) is 16.6 Å². The van der Waals surface area contributed by atoms with Gasteiger partial charge in [-0.3, -0.25) is 4.90 Å². The number of benzene rings is 1. The van der Waals surface area contributed by atoms with Crippen molar-refractivity contribution in [3.63, 3.8) is 0 Å². The fourth-order valence-corrected chi connectivity index (χ4v) is 7.40. The Kier molecular flexibility index (Phi) is 4.15. The van der Waals surface area contributed by atoms with Crippen LogP contribution in [0.1, 0.15) is 68.6 Å². The first-order valence-corrected chi connectivity index (χ1v) is 12.0. The molecule has 3 aliphatic carbocycles. The normalized spacial score (nSPS) is 40.3. The summed E-state index contributed by atoms with van der Waals surface area (Å²) < 4.78 is 13.1. The van der Waals surface area contributed by atoms with E-state index in [0.29, 0.717) is 0 Å². The fraction of sp³-hybridized carbons (Fsp3) is 0.760. The summed E-state index contributed by atoms with van der Waals surface area (Å²) >= 11 is 0. The standard InChI is InChI=1S/C25H35NO3/c1-3-13-28-19-9-10-25(27)20-14-18-8-7-16(2)22-21(18)24(25,23(19)29-22)11-12-26(20)15-17-5-4-6-17/h7-8,17,19-20,23,27H,3-6,9-15H2,1-2H3/t19?,20-,23+,24+,25-/m1/s1. The predicted octanol–water partition coefficient (Wildman–Crippen LogP) is 3.74. The zero-order valence-electron chi connectivity index (χ0n) is 18.0. The molecule has 1 spiro atoms. The van der Waals surface area contributed by atoms with Gasteiger partial charge in [-0.15, -0.1) is 0 Å². The molecule has 5 aliphatic rings. The quantitative estimate of drug-likeness (QED) is 0.822. The van der Waals surface area contributed by atoms with Gasteiger partial charge in [-0.25, -0.2) is 0 Å². The molecule has 0 amide bonds. The number of nitrogens with zero attached hydrogens (tertiary/aromatic N) is 1. The predicted molar refractivity (Wildman–Crippen MR) is 113 cm³/mol. The summed E-state index contributed by atoms with van der Waals surface area (Å²) in [5.41, 5.74) is 2.97. The first-order chi connectivity index (χ1) is 14.1. The lowest BCUT2D eigenvalue weighted by Crippen LogP contribution is -2.77. The van der Waals surface area contributed by atoms with E-state index in [9.17, 15) is 5.11 Å². The lowest BCUT2D eigenvalue weighted by molar-refractivity contribution is -0.216. The van der Waals surface area contributed by atoms with Gasteiger partial charge in [-0.05, 0) is 75.5 Å². The number of hydrogen-bond acceptors (Lipinski definition) is 4. The molecule has 29 heavy (non-hydrogen) atoms. The third-order valence-corrected chi connectivity index (χ3v) is 8.99. The molecule has 6 rings (SSSR count). The summed E-state index contributed by atoms with van der Waals surface area (Å²) in [6, 6.07) is 4.76. The molecule has 2 saturated carbocycles. The molecule has 1 N–H and O–H groups in total. The van der Waals surface area contributed by atoms with Crippen LogP contribution in [0.2, 0.25) is 0 Å². The van der Waals surface area contributed by atoms with Crippen molar-refractivity contribution in [2.75, 3.05) is 19.7 Å². The van der Waals surface area contributed by atoms with E-state index >= 15 is 0 Å². The highest BCUT2D eigenvalue weighted by atomic mass is 16.5. The molecule has 0 aromatic heterocycles. The number of aryl methyl sites for hydroxylation is 1. The highest BCUT2D eigenvalue weighted by Crippen LogP contribution is 2.64. The Balaban J connectivity index is 1.46. The molecule has 4 nitrogen and oxygen atoms in total. The van der Waals surface area contributed by atoms with Crippen LogP contribution >= 0.6 is 0 Å². The lowest BCUT2D eigenvalue weighted by Gasteiger charge is -2.64. The second kappa shape index (κ2) is 6.45. The van der Waals surface area contributed by atoms with E-state index in [0.717, 1.165) is 56.9 Å². The minimum Gasteiger partial charge on any atom is -0.486 e. The Morgan fingerprint density at radius 2 is 2.10 bits per heavy atom. The molecule has 2 aliphatic heterocycles. The van der Waals surface area contributed by atoms with Crippen molar-refractivity contribution in [3.8, 4) is 5.75 Å². The Morgan fingerprint density at radius 1 is 1.24 bits per heavy atom. The van der Waals surface area contributed by atoms with E-state index < -0.39 is 5.60 Å². The smallest absolute Gasteiger partial charge is 0.137 e. The lowest BCUT2D eigenvalue weighted by atomic mass is 9.48. The van der Waals surface area contributed by atoms with Crippen LogP contribution in [0.15, 0.2) is 12.1 Å². The first-order valence-electron chi connectivity index (χ1n) is 12.0. The monoisotopic (exact) mass is 397 g/mol. The van der Waals surface area contributed by atoms with Gasteiger partial charge in [0.2, 0.25) is 0 Å². The number of piperidine rings is 1. The van der Waals surface area contributed by atoms with E-state index in [1.165, 1.54) is 42.5 Å². The number of ether oxygens (including phenoxy) is 2. The fourth-order valence-electron chi connectivity index (χ4n) is 7.40. The maximum atomic E-state index is 12.4. The van der Waals surface area contributed by atoms with Gasteiger partial charge in [-0.1, -0.05) is 25.5 Å². The number of hydrogen-bond donors (Lipinski definition) is 1. The molecular formula is C25H35NO3. The van der Waals surface area contributed by atoms with Gasteiger partial charge < -0.3 is 14.6 Å².